The lowest BCUT2D eigenvalue weighted by Crippen LogP contribution is -2.35. The van der Waals surface area contributed by atoms with E-state index in [-0.39, 0.29) is 4.90 Å². The second-order valence-corrected chi connectivity index (χ2v) is 9.98. The quantitative estimate of drug-likeness (QED) is 0.573. The lowest BCUT2D eigenvalue weighted by Gasteiger charge is -2.22. The number of fused-ring (bicyclic) bond motifs is 1. The van der Waals surface area contributed by atoms with Gasteiger partial charge in [0.05, 0.1) is 11.1 Å². The van der Waals surface area contributed by atoms with Crippen LogP contribution in [0.2, 0.25) is 0 Å². The van der Waals surface area contributed by atoms with Crippen LogP contribution >= 0.6 is 0 Å². The normalized spacial score (nSPS) is 16.9. The Bertz CT molecular complexity index is 1210. The summed E-state index contributed by atoms with van der Waals surface area (Å²) in [4.78, 5) is 6.64. The summed E-state index contributed by atoms with van der Waals surface area (Å²) in [7, 11) is -3.72. The molecule has 0 unspecified atom stereocenters. The number of alkyl halides is 3. The number of benzene rings is 2. The van der Waals surface area contributed by atoms with Crippen LogP contribution in [-0.2, 0) is 22.7 Å². The molecule has 0 aliphatic carbocycles. The van der Waals surface area contributed by atoms with E-state index in [4.69, 9.17) is 0 Å². The molecular weight excluding hydrogens is 439 g/mol. The summed E-state index contributed by atoms with van der Waals surface area (Å²) >= 11 is 0. The van der Waals surface area contributed by atoms with Crippen LogP contribution in [0.5, 0.6) is 0 Å². The smallest absolute Gasteiger partial charge is 0.298 e. The summed E-state index contributed by atoms with van der Waals surface area (Å²) in [5.41, 5.74) is 1.51. The number of halogens is 3. The second-order valence-electron chi connectivity index (χ2n) is 8.07. The first kappa shape index (κ1) is 22.7. The lowest BCUT2D eigenvalue weighted by atomic mass is 10.1. The van der Waals surface area contributed by atoms with Gasteiger partial charge < -0.3 is 0 Å². The van der Waals surface area contributed by atoms with Crippen LogP contribution in [0.25, 0.3) is 10.9 Å². The summed E-state index contributed by atoms with van der Waals surface area (Å²) in [6, 6.07) is 12.2. The minimum absolute atomic E-state index is 0.200. The molecule has 170 valence electrons. The van der Waals surface area contributed by atoms with Gasteiger partial charge in [-0.2, -0.15) is 17.5 Å². The molecule has 2 heterocycles. The van der Waals surface area contributed by atoms with Gasteiger partial charge in [-0.1, -0.05) is 24.3 Å². The van der Waals surface area contributed by atoms with Crippen molar-refractivity contribution in [2.45, 2.75) is 31.0 Å². The molecule has 4 rings (SSSR count). The van der Waals surface area contributed by atoms with E-state index in [1.807, 2.05) is 19.1 Å². The molecule has 9 heteroatoms. The van der Waals surface area contributed by atoms with Crippen molar-refractivity contribution >= 4 is 20.9 Å². The molecule has 2 aromatic carbocycles. The fourth-order valence-corrected chi connectivity index (χ4v) is 5.63. The maximum absolute atomic E-state index is 13.4. The van der Waals surface area contributed by atoms with Gasteiger partial charge >= 0.3 is 6.18 Å². The third-order valence-electron chi connectivity index (χ3n) is 5.66. The number of para-hydroxylation sites is 1. The number of pyridine rings is 1. The third-order valence-corrected chi connectivity index (χ3v) is 7.59. The monoisotopic (exact) mass is 463 g/mol. The Kier molecular flexibility index (Phi) is 6.24. The molecule has 1 saturated heterocycles. The highest BCUT2D eigenvalue weighted by Gasteiger charge is 2.31. The van der Waals surface area contributed by atoms with Crippen LogP contribution in [0, 0.1) is 6.92 Å². The zero-order valence-electron chi connectivity index (χ0n) is 17.6. The van der Waals surface area contributed by atoms with E-state index in [0.29, 0.717) is 44.7 Å². The van der Waals surface area contributed by atoms with E-state index in [1.165, 1.54) is 16.4 Å². The molecule has 32 heavy (non-hydrogen) atoms. The van der Waals surface area contributed by atoms with Gasteiger partial charge in [-0.15, -0.1) is 0 Å². The van der Waals surface area contributed by atoms with Crippen LogP contribution in [0.15, 0.2) is 59.6 Å². The lowest BCUT2D eigenvalue weighted by molar-refractivity contribution is -0.137. The molecule has 1 aromatic heterocycles. The second kappa shape index (κ2) is 8.80. The molecule has 1 fully saturated rings. The number of aromatic nitrogens is 1. The van der Waals surface area contributed by atoms with Gasteiger partial charge in [0.1, 0.15) is 4.90 Å². The fourth-order valence-electron chi connectivity index (χ4n) is 3.99. The van der Waals surface area contributed by atoms with E-state index < -0.39 is 21.8 Å². The first-order valence-corrected chi connectivity index (χ1v) is 11.8. The number of hydrogen-bond acceptors (Lipinski definition) is 4. The summed E-state index contributed by atoms with van der Waals surface area (Å²) in [5, 5.41) is 0.782. The van der Waals surface area contributed by atoms with Crippen molar-refractivity contribution in [2.24, 2.45) is 0 Å². The molecule has 1 aliphatic heterocycles. The molecule has 0 spiro atoms. The molecular formula is C23H24F3N3O2S. The van der Waals surface area contributed by atoms with Gasteiger partial charge in [0, 0.05) is 37.8 Å². The summed E-state index contributed by atoms with van der Waals surface area (Å²) in [6.45, 7) is 4.24. The van der Waals surface area contributed by atoms with E-state index in [1.54, 1.807) is 18.3 Å². The van der Waals surface area contributed by atoms with E-state index >= 15 is 0 Å². The molecule has 0 amide bonds. The van der Waals surface area contributed by atoms with E-state index in [0.717, 1.165) is 28.6 Å². The van der Waals surface area contributed by atoms with Crippen molar-refractivity contribution in [1.82, 2.24) is 14.2 Å². The zero-order chi connectivity index (χ0) is 22.9. The molecule has 5 nitrogen and oxygen atoms in total. The van der Waals surface area contributed by atoms with Crippen molar-refractivity contribution in [3.63, 3.8) is 0 Å². The SMILES string of the molecule is Cc1cnc2c(S(=O)(=O)N3CCCN(Cc4ccc(C(F)(F)F)cc4)CC3)cccc2c1. The zero-order valence-corrected chi connectivity index (χ0v) is 18.5. The molecule has 1 aliphatic rings. The predicted octanol–water partition coefficient (Wildman–Crippen LogP) is 4.46. The average molecular weight is 464 g/mol. The highest BCUT2D eigenvalue weighted by atomic mass is 32.2. The first-order chi connectivity index (χ1) is 15.1. The maximum atomic E-state index is 13.4. The summed E-state index contributed by atoms with van der Waals surface area (Å²) in [6.07, 6.45) is -2.06. The van der Waals surface area contributed by atoms with Crippen molar-refractivity contribution in [1.29, 1.82) is 0 Å². The van der Waals surface area contributed by atoms with Crippen LogP contribution in [0.3, 0.4) is 0 Å². The molecule has 3 aromatic rings. The number of aryl methyl sites for hydroxylation is 1. The Hall–Kier alpha value is -2.49. The largest absolute Gasteiger partial charge is 0.416 e. The number of sulfonamides is 1. The highest BCUT2D eigenvalue weighted by Crippen LogP contribution is 2.29. The van der Waals surface area contributed by atoms with Gasteiger partial charge in [0.15, 0.2) is 0 Å². The Labute approximate surface area is 185 Å². The number of rotatable bonds is 4. The van der Waals surface area contributed by atoms with Crippen LogP contribution in [-0.4, -0.2) is 48.8 Å². The van der Waals surface area contributed by atoms with Gasteiger partial charge in [0.25, 0.3) is 0 Å². The van der Waals surface area contributed by atoms with Crippen LogP contribution < -0.4 is 0 Å². The van der Waals surface area contributed by atoms with Gasteiger partial charge in [-0.05, 0) is 55.3 Å². The Morgan fingerprint density at radius 1 is 1.00 bits per heavy atom. The fraction of sp³-hybridized carbons (Fsp3) is 0.348. The van der Waals surface area contributed by atoms with Crippen molar-refractivity contribution in [3.8, 4) is 0 Å². The molecule has 0 N–H and O–H groups in total. The highest BCUT2D eigenvalue weighted by molar-refractivity contribution is 7.89. The van der Waals surface area contributed by atoms with Gasteiger partial charge in [-0.25, -0.2) is 8.42 Å². The minimum Gasteiger partial charge on any atom is -0.298 e. The molecule has 0 bridgehead atoms. The topological polar surface area (TPSA) is 53.5 Å². The minimum atomic E-state index is -4.36. The van der Waals surface area contributed by atoms with E-state index in [2.05, 4.69) is 9.88 Å². The Morgan fingerprint density at radius 3 is 2.47 bits per heavy atom. The number of hydrogen-bond donors (Lipinski definition) is 0. The van der Waals surface area contributed by atoms with Crippen LogP contribution in [0.4, 0.5) is 13.2 Å². The molecule has 0 radical (unpaired) electrons. The van der Waals surface area contributed by atoms with Gasteiger partial charge in [0.2, 0.25) is 10.0 Å². The van der Waals surface area contributed by atoms with Crippen molar-refractivity contribution < 1.29 is 21.6 Å². The van der Waals surface area contributed by atoms with Gasteiger partial charge in [-0.3, -0.25) is 9.88 Å². The average Bonchev–Trinajstić information content (AvgIpc) is 2.99. The maximum Gasteiger partial charge on any atom is 0.416 e. The Balaban J connectivity index is 1.48. The molecule has 0 saturated carbocycles. The first-order valence-electron chi connectivity index (χ1n) is 10.4. The summed E-state index contributed by atoms with van der Waals surface area (Å²) < 4.78 is 66.6. The Morgan fingerprint density at radius 2 is 1.75 bits per heavy atom. The van der Waals surface area contributed by atoms with Crippen LogP contribution in [0.1, 0.15) is 23.1 Å². The summed E-state index contributed by atoms with van der Waals surface area (Å²) in [5.74, 6) is 0. The van der Waals surface area contributed by atoms with Crippen molar-refractivity contribution in [3.05, 3.63) is 71.4 Å². The van der Waals surface area contributed by atoms with Crippen molar-refractivity contribution in [2.75, 3.05) is 26.2 Å². The van der Waals surface area contributed by atoms with E-state index in [9.17, 15) is 21.6 Å². The standard InChI is InChI=1S/C23H24F3N3O2S/c1-17-14-19-4-2-5-21(22(19)27-15-17)32(30,31)29-11-3-10-28(12-13-29)16-18-6-8-20(9-7-18)23(24,25)26/h2,4-9,14-15H,3,10-13,16H2,1H3. The number of nitrogens with zero attached hydrogens (tertiary/aromatic N) is 3. The molecule has 0 atom stereocenters. The third kappa shape index (κ3) is 4.79. The predicted molar refractivity (Wildman–Crippen MR) is 117 cm³/mol.